The van der Waals surface area contributed by atoms with Crippen molar-refractivity contribution in [3.63, 3.8) is 0 Å². The van der Waals surface area contributed by atoms with Crippen molar-refractivity contribution < 1.29 is 54.4 Å². The summed E-state index contributed by atoms with van der Waals surface area (Å²) in [5, 5.41) is 70.4. The fourth-order valence-electron chi connectivity index (χ4n) is 5.81. The molecule has 252 valence electrons. The van der Waals surface area contributed by atoms with Gasteiger partial charge in [0.15, 0.2) is 12.6 Å². The Hall–Kier alpha value is -1.13. The molecule has 1 aliphatic carbocycles. The van der Waals surface area contributed by atoms with E-state index in [9.17, 15) is 30.3 Å². The van der Waals surface area contributed by atoms with E-state index in [0.29, 0.717) is 19.4 Å². The average molecular weight is 625 g/mol. The van der Waals surface area contributed by atoms with Crippen LogP contribution in [0.1, 0.15) is 32.6 Å². The molecule has 0 aromatic heterocycles. The quantitative estimate of drug-likeness (QED) is 0.0856. The molecule has 3 fully saturated rings. The minimum atomic E-state index is -1.47. The molecule has 14 atom stereocenters. The summed E-state index contributed by atoms with van der Waals surface area (Å²) in [7, 11) is 1.57. The van der Waals surface area contributed by atoms with E-state index in [1.54, 1.807) is 7.05 Å². The fraction of sp³-hybridized carbons (Fsp3) is 0.962. The fourth-order valence-corrected chi connectivity index (χ4v) is 5.81. The van der Waals surface area contributed by atoms with Gasteiger partial charge in [0.25, 0.3) is 0 Å². The highest BCUT2D eigenvalue weighted by Gasteiger charge is 2.52. The van der Waals surface area contributed by atoms with Crippen molar-refractivity contribution in [1.29, 1.82) is 0 Å². The van der Waals surface area contributed by atoms with E-state index >= 15 is 0 Å². The lowest BCUT2D eigenvalue weighted by Gasteiger charge is -2.49. The van der Waals surface area contributed by atoms with Gasteiger partial charge in [-0.25, -0.2) is 0 Å². The predicted molar refractivity (Wildman–Crippen MR) is 151 cm³/mol. The molecule has 15 N–H and O–H groups in total. The number of nitrogens with one attached hydrogen (secondary N) is 3. The molecular weight excluding hydrogens is 572 g/mol. The van der Waals surface area contributed by atoms with E-state index in [4.69, 9.17) is 41.3 Å². The van der Waals surface area contributed by atoms with Crippen LogP contribution in [0.2, 0.25) is 0 Å². The maximum Gasteiger partial charge on any atom is 0.249 e. The lowest BCUT2D eigenvalue weighted by Crippen LogP contribution is -2.69. The molecule has 17 heteroatoms. The topological polar surface area (TPSA) is 290 Å². The van der Waals surface area contributed by atoms with Gasteiger partial charge in [-0.05, 0) is 46.2 Å². The van der Waals surface area contributed by atoms with E-state index in [-0.39, 0.29) is 45.2 Å². The number of carbonyl (C=O) groups is 1. The lowest BCUT2D eigenvalue weighted by molar-refractivity contribution is -0.307. The predicted octanol–water partition coefficient (Wildman–Crippen LogP) is -6.13. The van der Waals surface area contributed by atoms with Crippen molar-refractivity contribution in [1.82, 2.24) is 16.0 Å². The summed E-state index contributed by atoms with van der Waals surface area (Å²) in [4.78, 5) is 12.7. The molecule has 17 nitrogen and oxygen atoms in total. The van der Waals surface area contributed by atoms with Crippen LogP contribution in [-0.4, -0.2) is 162 Å². The molecule has 3 rings (SSSR count). The minimum absolute atomic E-state index is 0.0136. The molecule has 2 saturated heterocycles. The van der Waals surface area contributed by atoms with Crippen LogP contribution < -0.4 is 33.2 Å². The number of likely N-dealkylation sites (N-methyl/N-ethyl adjacent to an activating group) is 1. The van der Waals surface area contributed by atoms with Crippen LogP contribution in [0.3, 0.4) is 0 Å². The second kappa shape index (κ2) is 16.4. The molecule has 2 heterocycles. The first-order valence-corrected chi connectivity index (χ1v) is 14.9. The molecule has 1 unspecified atom stereocenters. The average Bonchev–Trinajstić information content (AvgIpc) is 2.95. The Morgan fingerprint density at radius 2 is 1.79 bits per heavy atom. The summed E-state index contributed by atoms with van der Waals surface area (Å²) in [6, 6.07) is -3.13. The van der Waals surface area contributed by atoms with Crippen LogP contribution in [-0.2, 0) is 23.7 Å². The summed E-state index contributed by atoms with van der Waals surface area (Å²) in [6.45, 7) is 1.54. The van der Waals surface area contributed by atoms with Crippen LogP contribution in [0.4, 0.5) is 0 Å². The number of amides is 1. The van der Waals surface area contributed by atoms with Crippen molar-refractivity contribution in [2.24, 2.45) is 17.2 Å². The SMILES string of the molecule is CN[C@@H]1[C@@H](O)[C@@H](O[C@@H]2[C@H](O)[C@H](O[C@H]3O[C@H](CNCC(O)CO)CC[C@H]3N)[C@@H](N)C[C@H]2NC(=O)[C@@H](O)CCN)OC[C@]1(C)O. The zero-order valence-corrected chi connectivity index (χ0v) is 24.8. The van der Waals surface area contributed by atoms with Gasteiger partial charge >= 0.3 is 0 Å². The standard InChI is InChI=1S/C26H52N6O11/c1-26(39)11-40-25(19(37)22(26)30-2)43-21-16(32-23(38)17(35)5-6-27)7-15(29)20(18(21)36)42-24-14(28)4-3-13(41-24)9-31-8-12(34)10-33/h12-22,24-25,30-31,33-37,39H,3-11,27-29H2,1-2H3,(H,32,38)/t12?,13-,14+,15-,16+,17-,18+,19+,20+,21-,22+,24+,25+,26-/m0/s1. The Kier molecular flexibility index (Phi) is 13.9. The van der Waals surface area contributed by atoms with Gasteiger partial charge in [-0.2, -0.15) is 0 Å². The van der Waals surface area contributed by atoms with Crippen LogP contribution in [0.25, 0.3) is 0 Å². The largest absolute Gasteiger partial charge is 0.394 e. The first-order chi connectivity index (χ1) is 20.3. The van der Waals surface area contributed by atoms with Crippen LogP contribution in [0.5, 0.6) is 0 Å². The Bertz CT molecular complexity index is 862. The molecule has 3 aliphatic rings. The zero-order valence-electron chi connectivity index (χ0n) is 24.8. The van der Waals surface area contributed by atoms with Crippen molar-refractivity contribution in [3.8, 4) is 0 Å². The van der Waals surface area contributed by atoms with Gasteiger partial charge in [0, 0.05) is 19.1 Å². The molecular formula is C26H52N6O11. The van der Waals surface area contributed by atoms with Gasteiger partial charge in [-0.3, -0.25) is 4.79 Å². The third kappa shape index (κ3) is 9.44. The third-order valence-corrected chi connectivity index (χ3v) is 8.27. The summed E-state index contributed by atoms with van der Waals surface area (Å²) in [5.41, 5.74) is 16.8. The Morgan fingerprint density at radius 1 is 1.09 bits per heavy atom. The molecule has 1 amide bonds. The molecule has 1 saturated carbocycles. The summed E-state index contributed by atoms with van der Waals surface area (Å²) < 4.78 is 23.9. The smallest absolute Gasteiger partial charge is 0.249 e. The highest BCUT2D eigenvalue weighted by Crippen LogP contribution is 2.32. The highest BCUT2D eigenvalue weighted by atomic mass is 16.7. The normalized spacial score (nSPS) is 41.9. The number of nitrogens with two attached hydrogens (primary N) is 3. The zero-order chi connectivity index (χ0) is 31.9. The Labute approximate surface area is 251 Å². The van der Waals surface area contributed by atoms with Gasteiger partial charge in [0.2, 0.25) is 5.91 Å². The Morgan fingerprint density at radius 3 is 2.44 bits per heavy atom. The second-order valence-corrected chi connectivity index (χ2v) is 12.0. The van der Waals surface area contributed by atoms with Gasteiger partial charge in [0.1, 0.15) is 36.1 Å². The third-order valence-electron chi connectivity index (χ3n) is 8.27. The molecule has 0 aromatic carbocycles. The number of ether oxygens (including phenoxy) is 4. The van der Waals surface area contributed by atoms with Gasteiger partial charge < -0.3 is 82.7 Å². The van der Waals surface area contributed by atoms with Crippen molar-refractivity contribution in [2.45, 2.75) is 118 Å². The van der Waals surface area contributed by atoms with Crippen molar-refractivity contribution in [3.05, 3.63) is 0 Å². The van der Waals surface area contributed by atoms with E-state index in [0.717, 1.165) is 0 Å². The maximum atomic E-state index is 12.7. The van der Waals surface area contributed by atoms with Crippen molar-refractivity contribution >= 4 is 5.91 Å². The highest BCUT2D eigenvalue weighted by molar-refractivity contribution is 5.80. The maximum absolute atomic E-state index is 12.7. The van der Waals surface area contributed by atoms with E-state index < -0.39 is 84.9 Å². The molecule has 43 heavy (non-hydrogen) atoms. The Balaban J connectivity index is 1.76. The minimum Gasteiger partial charge on any atom is -0.394 e. The first-order valence-electron chi connectivity index (χ1n) is 14.9. The van der Waals surface area contributed by atoms with Crippen LogP contribution >= 0.6 is 0 Å². The molecule has 0 spiro atoms. The number of aliphatic hydroxyl groups is 6. The van der Waals surface area contributed by atoms with E-state index in [1.807, 2.05) is 0 Å². The summed E-state index contributed by atoms with van der Waals surface area (Å²) in [5.74, 6) is -0.733. The number of hydrogen-bond donors (Lipinski definition) is 12. The molecule has 0 radical (unpaired) electrons. The molecule has 0 bridgehead atoms. The molecule has 0 aromatic rings. The number of carbonyl (C=O) groups excluding carboxylic acids is 1. The molecule has 2 aliphatic heterocycles. The van der Waals surface area contributed by atoms with Gasteiger partial charge in [-0.15, -0.1) is 0 Å². The second-order valence-electron chi connectivity index (χ2n) is 12.0. The number of aliphatic hydroxyl groups excluding tert-OH is 5. The summed E-state index contributed by atoms with van der Waals surface area (Å²) >= 11 is 0. The van der Waals surface area contributed by atoms with Gasteiger partial charge in [-0.1, -0.05) is 0 Å². The monoisotopic (exact) mass is 624 g/mol. The van der Waals surface area contributed by atoms with E-state index in [1.165, 1.54) is 6.92 Å². The van der Waals surface area contributed by atoms with E-state index in [2.05, 4.69) is 16.0 Å². The van der Waals surface area contributed by atoms with Crippen molar-refractivity contribution in [2.75, 3.05) is 39.9 Å². The number of hydrogen-bond acceptors (Lipinski definition) is 16. The van der Waals surface area contributed by atoms with Crippen LogP contribution in [0.15, 0.2) is 0 Å². The van der Waals surface area contributed by atoms with Gasteiger partial charge in [0.05, 0.1) is 43.5 Å². The summed E-state index contributed by atoms with van der Waals surface area (Å²) in [6.07, 6.45) is -8.80. The number of rotatable bonds is 14. The van der Waals surface area contributed by atoms with Crippen LogP contribution in [0, 0.1) is 0 Å². The lowest BCUT2D eigenvalue weighted by atomic mass is 9.83. The first kappa shape index (κ1) is 36.3.